The summed E-state index contributed by atoms with van der Waals surface area (Å²) in [4.78, 5) is 18.7. The van der Waals surface area contributed by atoms with Gasteiger partial charge >= 0.3 is 6.03 Å². The number of carbonyl (C=O) groups is 1. The third kappa shape index (κ3) is 4.43. The maximum absolute atomic E-state index is 12.4. The fourth-order valence-corrected chi connectivity index (χ4v) is 3.60. The van der Waals surface area contributed by atoms with Crippen molar-refractivity contribution < 1.29 is 9.90 Å². The number of rotatable bonds is 3. The number of carbonyl (C=O) groups excluding carboxylic acids is 1. The van der Waals surface area contributed by atoms with Gasteiger partial charge in [0.1, 0.15) is 0 Å². The summed E-state index contributed by atoms with van der Waals surface area (Å²) >= 11 is 1.45. The summed E-state index contributed by atoms with van der Waals surface area (Å²) in [5, 5.41) is 15.7. The largest absolute Gasteiger partial charge is 0.388 e. The molecule has 22 heavy (non-hydrogen) atoms. The minimum atomic E-state index is -0.881. The van der Waals surface area contributed by atoms with E-state index in [0.717, 1.165) is 25.0 Å². The fraction of sp³-hybridized carbons (Fsp3) is 0.750. The summed E-state index contributed by atoms with van der Waals surface area (Å²) in [6, 6.07) is -0.303. The van der Waals surface area contributed by atoms with Crippen LogP contribution in [0.25, 0.3) is 0 Å². The van der Waals surface area contributed by atoms with Gasteiger partial charge in [-0.2, -0.15) is 0 Å². The van der Waals surface area contributed by atoms with Gasteiger partial charge in [0, 0.05) is 11.9 Å². The zero-order valence-electron chi connectivity index (χ0n) is 14.1. The van der Waals surface area contributed by atoms with Gasteiger partial charge in [0.05, 0.1) is 17.3 Å². The number of likely N-dealkylation sites (tertiary alicyclic amines) is 1. The van der Waals surface area contributed by atoms with Gasteiger partial charge in [-0.15, -0.1) is 11.3 Å². The van der Waals surface area contributed by atoms with Gasteiger partial charge in [-0.1, -0.05) is 20.8 Å². The molecule has 0 aliphatic carbocycles. The van der Waals surface area contributed by atoms with Crippen molar-refractivity contribution in [1.82, 2.24) is 9.88 Å². The Kier molecular flexibility index (Phi) is 4.82. The molecule has 0 saturated carbocycles. The summed E-state index contributed by atoms with van der Waals surface area (Å²) in [7, 11) is 0. The standard InChI is InChI=1S/C16H27N3O2S/c1-15(2,3)9-11-10-22-13(17-11)18-14(20)19-8-6-7-12(19)16(4,5)21/h10,12,21H,6-9H2,1-5H3,(H,17,18,20). The molecule has 1 aliphatic rings. The molecule has 1 saturated heterocycles. The summed E-state index contributed by atoms with van der Waals surface area (Å²) in [5.41, 5.74) is 0.304. The fourth-order valence-electron chi connectivity index (χ4n) is 2.90. The third-order valence-electron chi connectivity index (χ3n) is 3.81. The molecule has 2 heterocycles. The molecular formula is C16H27N3O2S. The van der Waals surface area contributed by atoms with Crippen LogP contribution in [-0.4, -0.2) is 39.2 Å². The highest BCUT2D eigenvalue weighted by Crippen LogP contribution is 2.28. The first-order chi connectivity index (χ1) is 10.1. The van der Waals surface area contributed by atoms with Crippen molar-refractivity contribution in [3.8, 4) is 0 Å². The molecule has 0 bridgehead atoms. The quantitative estimate of drug-likeness (QED) is 0.894. The Hall–Kier alpha value is -1.14. The maximum atomic E-state index is 12.4. The summed E-state index contributed by atoms with van der Waals surface area (Å²) in [5.74, 6) is 0. The molecule has 1 aromatic rings. The van der Waals surface area contributed by atoms with Gasteiger partial charge in [0.15, 0.2) is 5.13 Å². The lowest BCUT2D eigenvalue weighted by Crippen LogP contribution is -2.49. The molecule has 0 radical (unpaired) electrons. The molecule has 6 heteroatoms. The first-order valence-corrected chi connectivity index (χ1v) is 8.69. The topological polar surface area (TPSA) is 65.5 Å². The molecule has 1 fully saturated rings. The smallest absolute Gasteiger partial charge is 0.323 e. The molecule has 0 spiro atoms. The first-order valence-electron chi connectivity index (χ1n) is 7.81. The molecule has 0 aromatic carbocycles. The average Bonchev–Trinajstić information content (AvgIpc) is 2.94. The van der Waals surface area contributed by atoms with Crippen molar-refractivity contribution in [2.45, 2.75) is 65.5 Å². The Morgan fingerprint density at radius 1 is 1.45 bits per heavy atom. The molecule has 1 aromatic heterocycles. The lowest BCUT2D eigenvalue weighted by molar-refractivity contribution is 0.0117. The lowest BCUT2D eigenvalue weighted by Gasteiger charge is -2.33. The van der Waals surface area contributed by atoms with Crippen molar-refractivity contribution in [3.05, 3.63) is 11.1 Å². The van der Waals surface area contributed by atoms with Gasteiger partial charge in [-0.25, -0.2) is 9.78 Å². The number of hydrogen-bond donors (Lipinski definition) is 2. The second kappa shape index (κ2) is 6.16. The number of aliphatic hydroxyl groups is 1. The minimum absolute atomic E-state index is 0.137. The third-order valence-corrected chi connectivity index (χ3v) is 4.61. The Labute approximate surface area is 136 Å². The van der Waals surface area contributed by atoms with Crippen molar-refractivity contribution in [3.63, 3.8) is 0 Å². The zero-order valence-corrected chi connectivity index (χ0v) is 15.0. The summed E-state index contributed by atoms with van der Waals surface area (Å²) < 4.78 is 0. The van der Waals surface area contributed by atoms with E-state index in [2.05, 4.69) is 31.1 Å². The number of amides is 2. The van der Waals surface area contributed by atoms with E-state index in [-0.39, 0.29) is 17.5 Å². The molecule has 2 amide bonds. The Balaban J connectivity index is 2.00. The first kappa shape index (κ1) is 17.2. The summed E-state index contributed by atoms with van der Waals surface area (Å²) in [6.07, 6.45) is 2.65. The SMILES string of the molecule is CC(C)(C)Cc1csc(NC(=O)N2CCCC2C(C)(C)O)n1. The normalized spacial score (nSPS) is 19.5. The Morgan fingerprint density at radius 2 is 2.14 bits per heavy atom. The summed E-state index contributed by atoms with van der Waals surface area (Å²) in [6.45, 7) is 10.7. The number of aromatic nitrogens is 1. The predicted octanol–water partition coefficient (Wildman–Crippen LogP) is 3.50. The van der Waals surface area contributed by atoms with Crippen LogP contribution in [0.1, 0.15) is 53.2 Å². The van der Waals surface area contributed by atoms with Gasteiger partial charge in [0.25, 0.3) is 0 Å². The number of thiazole rings is 1. The number of anilines is 1. The number of hydrogen-bond acceptors (Lipinski definition) is 4. The monoisotopic (exact) mass is 325 g/mol. The van der Waals surface area contributed by atoms with Gasteiger partial charge in [0.2, 0.25) is 0 Å². The molecule has 1 unspecified atom stereocenters. The van der Waals surface area contributed by atoms with Crippen LogP contribution in [0.4, 0.5) is 9.93 Å². The second-order valence-corrected chi connectivity index (χ2v) is 8.67. The highest BCUT2D eigenvalue weighted by molar-refractivity contribution is 7.13. The van der Waals surface area contributed by atoms with Gasteiger partial charge in [-0.3, -0.25) is 5.32 Å². The predicted molar refractivity (Wildman–Crippen MR) is 90.3 cm³/mol. The number of nitrogens with zero attached hydrogens (tertiary/aromatic N) is 2. The molecule has 5 nitrogen and oxygen atoms in total. The van der Waals surface area contributed by atoms with Crippen LogP contribution >= 0.6 is 11.3 Å². The van der Waals surface area contributed by atoms with E-state index in [0.29, 0.717) is 11.7 Å². The van der Waals surface area contributed by atoms with E-state index in [1.807, 2.05) is 5.38 Å². The van der Waals surface area contributed by atoms with Gasteiger partial charge < -0.3 is 10.0 Å². The molecule has 1 aliphatic heterocycles. The van der Waals surface area contributed by atoms with Crippen LogP contribution in [0, 0.1) is 5.41 Å². The Bertz CT molecular complexity index is 528. The van der Waals surface area contributed by atoms with Crippen molar-refractivity contribution in [1.29, 1.82) is 0 Å². The average molecular weight is 325 g/mol. The van der Waals surface area contributed by atoms with Crippen LogP contribution in [0.5, 0.6) is 0 Å². The van der Waals surface area contributed by atoms with E-state index in [9.17, 15) is 9.90 Å². The highest BCUT2D eigenvalue weighted by atomic mass is 32.1. The van der Waals surface area contributed by atoms with E-state index >= 15 is 0 Å². The molecule has 2 rings (SSSR count). The van der Waals surface area contributed by atoms with Crippen LogP contribution < -0.4 is 5.32 Å². The van der Waals surface area contributed by atoms with Crippen molar-refractivity contribution in [2.24, 2.45) is 5.41 Å². The highest BCUT2D eigenvalue weighted by Gasteiger charge is 2.38. The second-order valence-electron chi connectivity index (χ2n) is 7.82. The number of nitrogens with one attached hydrogen (secondary N) is 1. The molecule has 1 atom stereocenters. The maximum Gasteiger partial charge on any atom is 0.323 e. The van der Waals surface area contributed by atoms with E-state index in [4.69, 9.17) is 0 Å². The van der Waals surface area contributed by atoms with Crippen molar-refractivity contribution >= 4 is 22.5 Å². The zero-order chi connectivity index (χ0) is 16.5. The van der Waals surface area contributed by atoms with E-state index in [1.165, 1.54) is 11.3 Å². The molecule has 2 N–H and O–H groups in total. The van der Waals surface area contributed by atoms with E-state index in [1.54, 1.807) is 18.7 Å². The van der Waals surface area contributed by atoms with Gasteiger partial charge in [-0.05, 0) is 38.5 Å². The van der Waals surface area contributed by atoms with Crippen LogP contribution in [-0.2, 0) is 6.42 Å². The minimum Gasteiger partial charge on any atom is -0.388 e. The Morgan fingerprint density at radius 3 is 2.73 bits per heavy atom. The van der Waals surface area contributed by atoms with Crippen LogP contribution in [0.3, 0.4) is 0 Å². The van der Waals surface area contributed by atoms with E-state index < -0.39 is 5.60 Å². The van der Waals surface area contributed by atoms with Crippen molar-refractivity contribution in [2.75, 3.05) is 11.9 Å². The molecule has 124 valence electrons. The molecular weight excluding hydrogens is 298 g/mol. The number of urea groups is 1. The lowest BCUT2D eigenvalue weighted by atomic mass is 9.91. The van der Waals surface area contributed by atoms with Crippen LogP contribution in [0.15, 0.2) is 5.38 Å². The van der Waals surface area contributed by atoms with Crippen LogP contribution in [0.2, 0.25) is 0 Å².